The van der Waals surface area contributed by atoms with Crippen molar-refractivity contribution in [1.82, 2.24) is 25.1 Å². The molecular weight excluding hydrogens is 342 g/mol. The fourth-order valence-electron chi connectivity index (χ4n) is 3.36. The van der Waals surface area contributed by atoms with E-state index in [-0.39, 0.29) is 10.8 Å². The van der Waals surface area contributed by atoms with Crippen LogP contribution in [0.4, 0.5) is 0 Å². The minimum atomic E-state index is -0.109. The molecule has 0 amide bonds. The zero-order valence-electron chi connectivity index (χ0n) is 15.8. The number of pyridine rings is 2. The van der Waals surface area contributed by atoms with Crippen molar-refractivity contribution < 1.29 is 0 Å². The van der Waals surface area contributed by atoms with Crippen LogP contribution in [-0.4, -0.2) is 25.1 Å². The van der Waals surface area contributed by atoms with Crippen LogP contribution in [0.3, 0.4) is 0 Å². The molecule has 0 unspecified atom stereocenters. The molecule has 0 fully saturated rings. The molecule has 0 aromatic carbocycles. The third-order valence-electron chi connectivity index (χ3n) is 4.83. The van der Waals surface area contributed by atoms with E-state index >= 15 is 0 Å². The molecular formula is C20H23N5S. The molecule has 134 valence electrons. The SMILES string of the molecule is CC(C)(C)c1cncc2nc(CC(C)(C)c3cncc4cn[nH]c34)sc12. The first-order valence-corrected chi connectivity index (χ1v) is 9.59. The van der Waals surface area contributed by atoms with E-state index in [0.29, 0.717) is 0 Å². The van der Waals surface area contributed by atoms with Crippen molar-refractivity contribution in [3.05, 3.63) is 47.1 Å². The first-order valence-electron chi connectivity index (χ1n) is 8.77. The minimum Gasteiger partial charge on any atom is -0.277 e. The van der Waals surface area contributed by atoms with E-state index < -0.39 is 0 Å². The summed E-state index contributed by atoms with van der Waals surface area (Å²) >= 11 is 1.78. The topological polar surface area (TPSA) is 67.3 Å². The minimum absolute atomic E-state index is 0.0528. The van der Waals surface area contributed by atoms with Crippen LogP contribution in [-0.2, 0) is 17.3 Å². The van der Waals surface area contributed by atoms with Crippen LogP contribution in [0.1, 0.15) is 50.8 Å². The maximum Gasteiger partial charge on any atom is 0.100 e. The molecule has 4 rings (SSSR count). The fourth-order valence-corrected chi connectivity index (χ4v) is 4.85. The molecule has 0 saturated heterocycles. The van der Waals surface area contributed by atoms with Gasteiger partial charge in [-0.25, -0.2) is 4.98 Å². The Morgan fingerprint density at radius 2 is 1.65 bits per heavy atom. The van der Waals surface area contributed by atoms with E-state index in [0.717, 1.165) is 27.8 Å². The zero-order valence-corrected chi connectivity index (χ0v) is 16.6. The molecule has 5 nitrogen and oxygen atoms in total. The van der Waals surface area contributed by atoms with Gasteiger partial charge in [0.15, 0.2) is 0 Å². The van der Waals surface area contributed by atoms with Gasteiger partial charge >= 0.3 is 0 Å². The van der Waals surface area contributed by atoms with Crippen molar-refractivity contribution in [3.63, 3.8) is 0 Å². The third-order valence-corrected chi connectivity index (χ3v) is 5.93. The number of nitrogens with one attached hydrogen (secondary N) is 1. The molecule has 0 radical (unpaired) electrons. The van der Waals surface area contributed by atoms with Gasteiger partial charge in [-0.05, 0) is 16.4 Å². The molecule has 0 aliphatic rings. The van der Waals surface area contributed by atoms with Gasteiger partial charge in [-0.15, -0.1) is 11.3 Å². The molecule has 26 heavy (non-hydrogen) atoms. The van der Waals surface area contributed by atoms with Crippen molar-refractivity contribution in [3.8, 4) is 0 Å². The Kier molecular flexibility index (Phi) is 3.84. The lowest BCUT2D eigenvalue weighted by molar-refractivity contribution is 0.523. The quantitative estimate of drug-likeness (QED) is 0.567. The molecule has 6 heteroatoms. The van der Waals surface area contributed by atoms with Gasteiger partial charge in [0.25, 0.3) is 0 Å². The Labute approximate surface area is 156 Å². The first-order chi connectivity index (χ1) is 12.3. The van der Waals surface area contributed by atoms with Gasteiger partial charge in [0.2, 0.25) is 0 Å². The summed E-state index contributed by atoms with van der Waals surface area (Å²) in [7, 11) is 0. The molecule has 0 aliphatic heterocycles. The van der Waals surface area contributed by atoms with Crippen molar-refractivity contribution >= 4 is 32.5 Å². The molecule has 0 spiro atoms. The van der Waals surface area contributed by atoms with Crippen LogP contribution in [0.25, 0.3) is 21.1 Å². The van der Waals surface area contributed by atoms with Gasteiger partial charge in [-0.3, -0.25) is 15.1 Å². The van der Waals surface area contributed by atoms with E-state index in [9.17, 15) is 0 Å². The summed E-state index contributed by atoms with van der Waals surface area (Å²) in [5.74, 6) is 0. The second kappa shape index (κ2) is 5.84. The molecule has 0 bridgehead atoms. The van der Waals surface area contributed by atoms with Gasteiger partial charge in [0, 0.05) is 36.0 Å². The van der Waals surface area contributed by atoms with Crippen molar-refractivity contribution in [2.75, 3.05) is 0 Å². The number of thiazole rings is 1. The predicted octanol–water partition coefficient (Wildman–Crippen LogP) is 4.78. The number of hydrogen-bond acceptors (Lipinski definition) is 5. The van der Waals surface area contributed by atoms with E-state index in [1.54, 1.807) is 11.3 Å². The smallest absolute Gasteiger partial charge is 0.100 e. The second-order valence-electron chi connectivity index (χ2n) is 8.47. The van der Waals surface area contributed by atoms with Crippen LogP contribution in [0.15, 0.2) is 31.0 Å². The maximum absolute atomic E-state index is 4.88. The van der Waals surface area contributed by atoms with Crippen LogP contribution < -0.4 is 0 Å². The molecule has 0 aliphatic carbocycles. The van der Waals surface area contributed by atoms with Crippen LogP contribution in [0.5, 0.6) is 0 Å². The lowest BCUT2D eigenvalue weighted by atomic mass is 9.82. The summed E-state index contributed by atoms with van der Waals surface area (Å²) in [6.07, 6.45) is 10.3. The van der Waals surface area contributed by atoms with Gasteiger partial charge in [-0.1, -0.05) is 34.6 Å². The average molecular weight is 366 g/mol. The van der Waals surface area contributed by atoms with Gasteiger partial charge < -0.3 is 0 Å². The predicted molar refractivity (Wildman–Crippen MR) is 107 cm³/mol. The molecule has 0 atom stereocenters. The van der Waals surface area contributed by atoms with Crippen LogP contribution in [0, 0.1) is 0 Å². The molecule has 4 aromatic rings. The number of H-pyrrole nitrogens is 1. The Balaban J connectivity index is 1.76. The number of nitrogens with zero attached hydrogens (tertiary/aromatic N) is 4. The third kappa shape index (κ3) is 2.88. The number of aromatic nitrogens is 5. The fraction of sp³-hybridized carbons (Fsp3) is 0.400. The number of aromatic amines is 1. The van der Waals surface area contributed by atoms with Crippen molar-refractivity contribution in [2.45, 2.75) is 51.9 Å². The Morgan fingerprint density at radius 1 is 0.923 bits per heavy atom. The van der Waals surface area contributed by atoms with E-state index in [1.165, 1.54) is 15.8 Å². The highest BCUT2D eigenvalue weighted by Crippen LogP contribution is 2.37. The molecule has 0 saturated carbocycles. The van der Waals surface area contributed by atoms with Crippen LogP contribution in [0.2, 0.25) is 0 Å². The largest absolute Gasteiger partial charge is 0.277 e. The Hall–Kier alpha value is -2.34. The normalized spacial score (nSPS) is 13.0. The van der Waals surface area contributed by atoms with Crippen molar-refractivity contribution in [1.29, 1.82) is 0 Å². The van der Waals surface area contributed by atoms with Gasteiger partial charge in [0.05, 0.1) is 27.6 Å². The highest BCUT2D eigenvalue weighted by Gasteiger charge is 2.27. The lowest BCUT2D eigenvalue weighted by Gasteiger charge is -2.24. The molecule has 4 heterocycles. The second-order valence-corrected chi connectivity index (χ2v) is 9.56. The van der Waals surface area contributed by atoms with E-state index in [2.05, 4.69) is 54.8 Å². The van der Waals surface area contributed by atoms with Gasteiger partial charge in [-0.2, -0.15) is 5.10 Å². The van der Waals surface area contributed by atoms with E-state index in [1.807, 2.05) is 31.0 Å². The highest BCUT2D eigenvalue weighted by molar-refractivity contribution is 7.18. The summed E-state index contributed by atoms with van der Waals surface area (Å²) in [5, 5.41) is 9.45. The number of fused-ring (bicyclic) bond motifs is 2. The van der Waals surface area contributed by atoms with Crippen LogP contribution >= 0.6 is 11.3 Å². The van der Waals surface area contributed by atoms with Crippen molar-refractivity contribution in [2.24, 2.45) is 0 Å². The number of rotatable bonds is 3. The average Bonchev–Trinajstić information content (AvgIpc) is 3.18. The summed E-state index contributed by atoms with van der Waals surface area (Å²) in [4.78, 5) is 13.7. The Bertz CT molecular complexity index is 1080. The molecule has 1 N–H and O–H groups in total. The maximum atomic E-state index is 4.88. The highest BCUT2D eigenvalue weighted by atomic mass is 32.1. The first kappa shape index (κ1) is 17.1. The zero-order chi connectivity index (χ0) is 18.5. The van der Waals surface area contributed by atoms with E-state index in [4.69, 9.17) is 4.98 Å². The summed E-state index contributed by atoms with van der Waals surface area (Å²) in [6.45, 7) is 11.1. The van der Waals surface area contributed by atoms with Gasteiger partial charge in [0.1, 0.15) is 5.52 Å². The molecule has 4 aromatic heterocycles. The number of hydrogen-bond donors (Lipinski definition) is 1. The summed E-state index contributed by atoms with van der Waals surface area (Å²) in [6, 6.07) is 0. The summed E-state index contributed by atoms with van der Waals surface area (Å²) in [5.41, 5.74) is 4.42. The monoisotopic (exact) mass is 365 g/mol. The Morgan fingerprint density at radius 3 is 2.42 bits per heavy atom. The lowest BCUT2D eigenvalue weighted by Crippen LogP contribution is -2.21. The standard InChI is InChI=1S/C20H23N5S/c1-19(2,3)14-10-22-11-15-18(14)26-16(24-15)6-20(4,5)13-9-21-7-12-8-23-25-17(12)13/h7-11H,6H2,1-5H3,(H,23,25). The summed E-state index contributed by atoms with van der Waals surface area (Å²) < 4.78 is 1.25.